The lowest BCUT2D eigenvalue weighted by Gasteiger charge is -2.14. The molecule has 0 fully saturated rings. The maximum Gasteiger partial charge on any atom is 0.326 e. The van der Waals surface area contributed by atoms with E-state index in [0.717, 1.165) is 18.9 Å². The van der Waals surface area contributed by atoms with Crippen molar-refractivity contribution >= 4 is 23.5 Å². The van der Waals surface area contributed by atoms with Crippen molar-refractivity contribution in [1.29, 1.82) is 0 Å². The van der Waals surface area contributed by atoms with Gasteiger partial charge in [0.2, 0.25) is 0 Å². The normalized spacial score (nSPS) is 11.4. The standard InChI is InChI=1S/C22H23F3N2O5/c1-3-4-11-31-15-7-5-14(6-8-15)22(30)26-12-18(28)32-13(2)21(29)27-17-10-9-16(23)19(24)20(17)25/h5-10,13H,3-4,11-12H2,1-2H3,(H,26,30)(H,27,29)/t13-/m1/s1. The molecule has 7 nitrogen and oxygen atoms in total. The molecule has 0 aliphatic carbocycles. The number of carbonyl (C=O) groups excluding carboxylic acids is 3. The summed E-state index contributed by atoms with van der Waals surface area (Å²) in [5.41, 5.74) is -0.313. The summed E-state index contributed by atoms with van der Waals surface area (Å²) in [6.45, 7) is 3.29. The molecule has 2 aromatic rings. The minimum atomic E-state index is -1.74. The Bertz CT molecular complexity index is 967. The first kappa shape index (κ1) is 24.7. The Morgan fingerprint density at radius 1 is 1.00 bits per heavy atom. The fraction of sp³-hybridized carbons (Fsp3) is 0.318. The largest absolute Gasteiger partial charge is 0.494 e. The molecule has 0 aliphatic heterocycles. The van der Waals surface area contributed by atoms with Gasteiger partial charge in [0.05, 0.1) is 12.3 Å². The van der Waals surface area contributed by atoms with Crippen LogP contribution in [0.5, 0.6) is 5.75 Å². The van der Waals surface area contributed by atoms with Gasteiger partial charge in [-0.05, 0) is 49.7 Å². The van der Waals surface area contributed by atoms with Gasteiger partial charge in [0.25, 0.3) is 11.8 Å². The van der Waals surface area contributed by atoms with Crippen LogP contribution in [0.3, 0.4) is 0 Å². The smallest absolute Gasteiger partial charge is 0.326 e. The van der Waals surface area contributed by atoms with Crippen LogP contribution in [0, 0.1) is 17.5 Å². The van der Waals surface area contributed by atoms with Crippen LogP contribution in [0.25, 0.3) is 0 Å². The van der Waals surface area contributed by atoms with Crippen LogP contribution < -0.4 is 15.4 Å². The molecule has 0 unspecified atom stereocenters. The van der Waals surface area contributed by atoms with Crippen molar-refractivity contribution < 1.29 is 37.0 Å². The van der Waals surface area contributed by atoms with Crippen molar-refractivity contribution in [2.45, 2.75) is 32.8 Å². The highest BCUT2D eigenvalue weighted by Crippen LogP contribution is 2.20. The Morgan fingerprint density at radius 2 is 1.69 bits per heavy atom. The lowest BCUT2D eigenvalue weighted by Crippen LogP contribution is -2.36. The van der Waals surface area contributed by atoms with Gasteiger partial charge in [-0.25, -0.2) is 13.2 Å². The monoisotopic (exact) mass is 452 g/mol. The third kappa shape index (κ3) is 7.00. The van der Waals surface area contributed by atoms with Gasteiger partial charge in [0.15, 0.2) is 23.6 Å². The second kappa shape index (κ2) is 11.7. The van der Waals surface area contributed by atoms with E-state index < -0.39 is 53.6 Å². The number of nitrogens with one attached hydrogen (secondary N) is 2. The second-order valence-electron chi connectivity index (χ2n) is 6.75. The lowest BCUT2D eigenvalue weighted by atomic mass is 10.2. The SMILES string of the molecule is CCCCOc1ccc(C(=O)NCC(=O)O[C@H](C)C(=O)Nc2ccc(F)c(F)c2F)cc1. The number of carbonyl (C=O) groups is 3. The maximum atomic E-state index is 13.6. The summed E-state index contributed by atoms with van der Waals surface area (Å²) in [5, 5.41) is 4.35. The zero-order chi connectivity index (χ0) is 23.7. The predicted octanol–water partition coefficient (Wildman–Crippen LogP) is 3.58. The van der Waals surface area contributed by atoms with Gasteiger partial charge in [-0.3, -0.25) is 14.4 Å². The molecule has 1 atom stereocenters. The average molecular weight is 452 g/mol. The van der Waals surface area contributed by atoms with E-state index in [1.54, 1.807) is 12.1 Å². The van der Waals surface area contributed by atoms with Crippen molar-refractivity contribution in [3.05, 3.63) is 59.4 Å². The number of halogens is 3. The zero-order valence-electron chi connectivity index (χ0n) is 17.5. The summed E-state index contributed by atoms with van der Waals surface area (Å²) in [5.74, 6) is -6.54. The van der Waals surface area contributed by atoms with E-state index >= 15 is 0 Å². The molecular formula is C22H23F3N2O5. The van der Waals surface area contributed by atoms with E-state index in [1.165, 1.54) is 19.1 Å². The van der Waals surface area contributed by atoms with E-state index in [4.69, 9.17) is 9.47 Å². The predicted molar refractivity (Wildman–Crippen MR) is 110 cm³/mol. The van der Waals surface area contributed by atoms with Gasteiger partial charge >= 0.3 is 5.97 Å². The van der Waals surface area contributed by atoms with Crippen LogP contribution >= 0.6 is 0 Å². The number of unbranched alkanes of at least 4 members (excludes halogenated alkanes) is 1. The van der Waals surface area contributed by atoms with Crippen LogP contribution in [0.1, 0.15) is 37.0 Å². The van der Waals surface area contributed by atoms with Gasteiger partial charge in [0.1, 0.15) is 12.3 Å². The molecule has 32 heavy (non-hydrogen) atoms. The van der Waals surface area contributed by atoms with Crippen LogP contribution in [0.15, 0.2) is 36.4 Å². The lowest BCUT2D eigenvalue weighted by molar-refractivity contribution is -0.152. The molecule has 10 heteroatoms. The third-order valence-electron chi connectivity index (χ3n) is 4.25. The van der Waals surface area contributed by atoms with E-state index in [2.05, 4.69) is 5.32 Å². The third-order valence-corrected chi connectivity index (χ3v) is 4.25. The number of ether oxygens (including phenoxy) is 2. The maximum absolute atomic E-state index is 13.6. The van der Waals surface area contributed by atoms with Crippen molar-refractivity contribution in [3.8, 4) is 5.75 Å². The van der Waals surface area contributed by atoms with Crippen LogP contribution in [0.2, 0.25) is 0 Å². The highest BCUT2D eigenvalue weighted by Gasteiger charge is 2.21. The molecule has 0 saturated carbocycles. The summed E-state index contributed by atoms with van der Waals surface area (Å²) in [6, 6.07) is 7.81. The molecule has 2 amide bonds. The summed E-state index contributed by atoms with van der Waals surface area (Å²) in [7, 11) is 0. The van der Waals surface area contributed by atoms with Crippen molar-refractivity contribution in [1.82, 2.24) is 5.32 Å². The number of hydrogen-bond acceptors (Lipinski definition) is 5. The molecule has 2 aromatic carbocycles. The first-order chi connectivity index (χ1) is 15.2. The molecule has 0 bridgehead atoms. The minimum absolute atomic E-state index is 0.292. The fourth-order valence-corrected chi connectivity index (χ4v) is 2.44. The first-order valence-corrected chi connectivity index (χ1v) is 9.87. The molecule has 2 N–H and O–H groups in total. The van der Waals surface area contributed by atoms with E-state index in [9.17, 15) is 27.6 Å². The second-order valence-corrected chi connectivity index (χ2v) is 6.75. The summed E-state index contributed by atoms with van der Waals surface area (Å²) in [6.07, 6.45) is 0.529. The molecule has 0 radical (unpaired) electrons. The Morgan fingerprint density at radius 3 is 2.34 bits per heavy atom. The first-order valence-electron chi connectivity index (χ1n) is 9.87. The molecule has 172 valence electrons. The summed E-state index contributed by atoms with van der Waals surface area (Å²) >= 11 is 0. The highest BCUT2D eigenvalue weighted by atomic mass is 19.2. The Balaban J connectivity index is 1.81. The summed E-state index contributed by atoms with van der Waals surface area (Å²) in [4.78, 5) is 36.0. The average Bonchev–Trinajstić information content (AvgIpc) is 2.78. The van der Waals surface area contributed by atoms with Gasteiger partial charge < -0.3 is 20.1 Å². The zero-order valence-corrected chi connectivity index (χ0v) is 17.5. The van der Waals surface area contributed by atoms with E-state index in [0.29, 0.717) is 24.0 Å². The quantitative estimate of drug-likeness (QED) is 0.327. The summed E-state index contributed by atoms with van der Waals surface area (Å²) < 4.78 is 50.2. The molecular weight excluding hydrogens is 429 g/mol. The molecule has 0 heterocycles. The Labute approximate surface area is 182 Å². The fourth-order valence-electron chi connectivity index (χ4n) is 2.44. The minimum Gasteiger partial charge on any atom is -0.494 e. The van der Waals surface area contributed by atoms with E-state index in [1.807, 2.05) is 12.2 Å². The molecule has 0 spiro atoms. The highest BCUT2D eigenvalue weighted by molar-refractivity contribution is 5.97. The van der Waals surface area contributed by atoms with E-state index in [-0.39, 0.29) is 0 Å². The number of esters is 1. The van der Waals surface area contributed by atoms with Crippen LogP contribution in [0.4, 0.5) is 18.9 Å². The van der Waals surface area contributed by atoms with Crippen molar-refractivity contribution in [2.75, 3.05) is 18.5 Å². The number of hydrogen-bond donors (Lipinski definition) is 2. The Hall–Kier alpha value is -3.56. The van der Waals surface area contributed by atoms with Crippen molar-refractivity contribution in [2.24, 2.45) is 0 Å². The number of anilines is 1. The van der Waals surface area contributed by atoms with Crippen molar-refractivity contribution in [3.63, 3.8) is 0 Å². The molecule has 0 aliphatic rings. The number of benzene rings is 2. The molecule has 0 aromatic heterocycles. The van der Waals surface area contributed by atoms with Gasteiger partial charge in [-0.1, -0.05) is 13.3 Å². The van der Waals surface area contributed by atoms with Gasteiger partial charge in [-0.15, -0.1) is 0 Å². The van der Waals surface area contributed by atoms with Gasteiger partial charge in [0, 0.05) is 5.56 Å². The number of rotatable bonds is 10. The van der Waals surface area contributed by atoms with Gasteiger partial charge in [-0.2, -0.15) is 0 Å². The van der Waals surface area contributed by atoms with Crippen LogP contribution in [-0.4, -0.2) is 37.0 Å². The topological polar surface area (TPSA) is 93.7 Å². The molecule has 2 rings (SSSR count). The number of amides is 2. The molecule has 0 saturated heterocycles. The Kier molecular flexibility index (Phi) is 9.06. The van der Waals surface area contributed by atoms with Crippen LogP contribution in [-0.2, 0) is 14.3 Å².